The molecule has 3 aromatic rings. The van der Waals surface area contributed by atoms with Gasteiger partial charge in [-0.3, -0.25) is 9.69 Å². The maximum atomic E-state index is 13.6. The third kappa shape index (κ3) is 6.14. The number of carbonyl (C=O) groups excluding carboxylic acids is 1. The highest BCUT2D eigenvalue weighted by molar-refractivity contribution is 6.31. The predicted molar refractivity (Wildman–Crippen MR) is 135 cm³/mol. The minimum Gasteiger partial charge on any atom is -0.490 e. The van der Waals surface area contributed by atoms with Gasteiger partial charge in [-0.05, 0) is 56.4 Å². The fraction of sp³-hybridized carbons (Fsp3) is 0.423. The van der Waals surface area contributed by atoms with Gasteiger partial charge in [-0.25, -0.2) is 14.4 Å². The summed E-state index contributed by atoms with van der Waals surface area (Å²) in [6.45, 7) is 4.76. The van der Waals surface area contributed by atoms with E-state index >= 15 is 0 Å². The first-order valence-electron chi connectivity index (χ1n) is 12.1. The molecule has 0 radical (unpaired) electrons. The molecule has 1 saturated heterocycles. The summed E-state index contributed by atoms with van der Waals surface area (Å²) in [5.74, 6) is 1.69. The molecule has 1 saturated carbocycles. The highest BCUT2D eigenvalue weighted by Crippen LogP contribution is 2.37. The highest BCUT2D eigenvalue weighted by Gasteiger charge is 2.24. The number of halogens is 2. The third-order valence-electron chi connectivity index (χ3n) is 6.13. The van der Waals surface area contributed by atoms with E-state index in [9.17, 15) is 9.18 Å². The van der Waals surface area contributed by atoms with Crippen LogP contribution in [0, 0.1) is 11.7 Å². The van der Waals surface area contributed by atoms with E-state index in [-0.39, 0.29) is 17.1 Å². The predicted octanol–water partition coefficient (Wildman–Crippen LogP) is 4.97. The first-order valence-corrected chi connectivity index (χ1v) is 12.5. The number of morpholine rings is 1. The largest absolute Gasteiger partial charge is 0.490 e. The zero-order valence-corrected chi connectivity index (χ0v) is 20.8. The Morgan fingerprint density at radius 2 is 2.03 bits per heavy atom. The molecule has 0 bridgehead atoms. The zero-order chi connectivity index (χ0) is 25.1. The van der Waals surface area contributed by atoms with E-state index in [0.717, 1.165) is 24.9 Å². The van der Waals surface area contributed by atoms with Gasteiger partial charge in [0.1, 0.15) is 24.1 Å². The van der Waals surface area contributed by atoms with Gasteiger partial charge in [0.25, 0.3) is 0 Å². The first kappa shape index (κ1) is 24.5. The van der Waals surface area contributed by atoms with Crippen molar-refractivity contribution in [3.63, 3.8) is 0 Å². The molecule has 5 rings (SSSR count). The monoisotopic (exact) mass is 514 g/mol. The molecule has 1 aromatic heterocycles. The average molecular weight is 515 g/mol. The van der Waals surface area contributed by atoms with Crippen molar-refractivity contribution >= 4 is 40.0 Å². The SMILES string of the molecule is C[C@@H]1CN(CCCOc2cc3ncnc(Nc4ccc(F)c(Cl)c4)c3cc2OCC2CC2)CC(=O)O1. The van der Waals surface area contributed by atoms with Crippen LogP contribution < -0.4 is 14.8 Å². The number of aromatic nitrogens is 2. The van der Waals surface area contributed by atoms with Gasteiger partial charge in [-0.15, -0.1) is 0 Å². The second kappa shape index (κ2) is 10.8. The molecule has 0 unspecified atom stereocenters. The molecule has 1 aliphatic heterocycles. The molecule has 2 fully saturated rings. The van der Waals surface area contributed by atoms with Gasteiger partial charge in [-0.1, -0.05) is 11.6 Å². The second-order valence-electron chi connectivity index (χ2n) is 9.28. The summed E-state index contributed by atoms with van der Waals surface area (Å²) in [5.41, 5.74) is 1.29. The van der Waals surface area contributed by atoms with E-state index in [0.29, 0.717) is 54.2 Å². The van der Waals surface area contributed by atoms with Crippen molar-refractivity contribution in [2.24, 2.45) is 5.92 Å². The normalized spacial score (nSPS) is 18.2. The Balaban J connectivity index is 1.32. The molecule has 0 amide bonds. The number of hydrogen-bond acceptors (Lipinski definition) is 8. The number of cyclic esters (lactones) is 1. The van der Waals surface area contributed by atoms with E-state index in [1.54, 1.807) is 6.07 Å². The Morgan fingerprint density at radius 1 is 1.19 bits per heavy atom. The molecule has 1 atom stereocenters. The molecule has 2 aliphatic rings. The lowest BCUT2D eigenvalue weighted by Gasteiger charge is -2.30. The molecule has 1 aliphatic carbocycles. The molecule has 2 aromatic carbocycles. The summed E-state index contributed by atoms with van der Waals surface area (Å²) in [5, 5.41) is 3.97. The van der Waals surface area contributed by atoms with Gasteiger partial charge < -0.3 is 19.5 Å². The lowest BCUT2D eigenvalue weighted by Crippen LogP contribution is -2.44. The van der Waals surface area contributed by atoms with Crippen molar-refractivity contribution in [3.8, 4) is 11.5 Å². The summed E-state index contributed by atoms with van der Waals surface area (Å²) in [6, 6.07) is 8.14. The van der Waals surface area contributed by atoms with Crippen LogP contribution in [0.1, 0.15) is 26.2 Å². The van der Waals surface area contributed by atoms with E-state index in [1.165, 1.54) is 31.3 Å². The number of nitrogens with zero attached hydrogens (tertiary/aromatic N) is 3. The lowest BCUT2D eigenvalue weighted by atomic mass is 10.2. The molecule has 2 heterocycles. The van der Waals surface area contributed by atoms with Gasteiger partial charge in [0.2, 0.25) is 0 Å². The Bertz CT molecular complexity index is 1260. The Hall–Kier alpha value is -3.17. The zero-order valence-electron chi connectivity index (χ0n) is 20.0. The number of carbonyl (C=O) groups is 1. The lowest BCUT2D eigenvalue weighted by molar-refractivity contribution is -0.157. The Labute approximate surface area is 213 Å². The fourth-order valence-electron chi connectivity index (χ4n) is 4.14. The van der Waals surface area contributed by atoms with Gasteiger partial charge in [0.15, 0.2) is 11.5 Å². The summed E-state index contributed by atoms with van der Waals surface area (Å²) in [7, 11) is 0. The van der Waals surface area contributed by atoms with Crippen LogP contribution >= 0.6 is 11.6 Å². The van der Waals surface area contributed by atoms with Crippen LogP contribution in [0.15, 0.2) is 36.7 Å². The van der Waals surface area contributed by atoms with Crippen LogP contribution in [0.25, 0.3) is 10.9 Å². The van der Waals surface area contributed by atoms with Gasteiger partial charge >= 0.3 is 5.97 Å². The number of fused-ring (bicyclic) bond motifs is 1. The third-order valence-corrected chi connectivity index (χ3v) is 6.42. The number of rotatable bonds is 10. The number of hydrogen-bond donors (Lipinski definition) is 1. The minimum absolute atomic E-state index is 0.0263. The van der Waals surface area contributed by atoms with Crippen LogP contribution in [0.2, 0.25) is 5.02 Å². The van der Waals surface area contributed by atoms with E-state index in [2.05, 4.69) is 20.2 Å². The van der Waals surface area contributed by atoms with E-state index in [4.69, 9.17) is 25.8 Å². The van der Waals surface area contributed by atoms with Crippen LogP contribution in [0.3, 0.4) is 0 Å². The van der Waals surface area contributed by atoms with Crippen LogP contribution in [-0.4, -0.2) is 59.8 Å². The van der Waals surface area contributed by atoms with Crippen molar-refractivity contribution in [1.29, 1.82) is 0 Å². The van der Waals surface area contributed by atoms with Crippen molar-refractivity contribution < 1.29 is 23.4 Å². The molecule has 36 heavy (non-hydrogen) atoms. The summed E-state index contributed by atoms with van der Waals surface area (Å²) < 4.78 is 31.0. The maximum absolute atomic E-state index is 13.6. The molecule has 8 nitrogen and oxygen atoms in total. The number of ether oxygens (including phenoxy) is 3. The van der Waals surface area contributed by atoms with Crippen LogP contribution in [0.4, 0.5) is 15.9 Å². The van der Waals surface area contributed by atoms with Gasteiger partial charge in [0.05, 0.1) is 30.3 Å². The smallest absolute Gasteiger partial charge is 0.320 e. The number of nitrogens with one attached hydrogen (secondary N) is 1. The van der Waals surface area contributed by atoms with Crippen molar-refractivity contribution in [3.05, 3.63) is 47.5 Å². The summed E-state index contributed by atoms with van der Waals surface area (Å²) in [4.78, 5) is 22.5. The molecule has 190 valence electrons. The van der Waals surface area contributed by atoms with E-state index < -0.39 is 5.82 Å². The van der Waals surface area contributed by atoms with Crippen LogP contribution in [0.5, 0.6) is 11.5 Å². The molecular weight excluding hydrogens is 487 g/mol. The first-order chi connectivity index (χ1) is 17.4. The highest BCUT2D eigenvalue weighted by atomic mass is 35.5. The standard InChI is InChI=1S/C26H28ClFN4O4/c1-16-12-32(13-25(33)36-16)7-2-8-34-24-11-22-19(10-23(24)35-14-17-3-4-17)26(30-15-29-22)31-18-5-6-21(28)20(27)9-18/h5-6,9-11,15-17H,2-4,7-8,12-14H2,1H3,(H,29,30,31)/t16-/m1/s1. The maximum Gasteiger partial charge on any atom is 0.320 e. The Morgan fingerprint density at radius 3 is 2.81 bits per heavy atom. The topological polar surface area (TPSA) is 85.8 Å². The van der Waals surface area contributed by atoms with Crippen molar-refractivity contribution in [2.75, 3.05) is 38.2 Å². The Kier molecular flexibility index (Phi) is 7.38. The number of anilines is 2. The van der Waals surface area contributed by atoms with Crippen LogP contribution in [-0.2, 0) is 9.53 Å². The van der Waals surface area contributed by atoms with Gasteiger partial charge in [-0.2, -0.15) is 0 Å². The minimum atomic E-state index is -0.484. The average Bonchev–Trinajstić information content (AvgIpc) is 3.67. The molecule has 10 heteroatoms. The number of esters is 1. The van der Waals surface area contributed by atoms with E-state index in [1.807, 2.05) is 19.1 Å². The van der Waals surface area contributed by atoms with Crippen molar-refractivity contribution in [1.82, 2.24) is 14.9 Å². The van der Waals surface area contributed by atoms with Gasteiger partial charge in [0, 0.05) is 30.2 Å². The summed E-state index contributed by atoms with van der Waals surface area (Å²) >= 11 is 5.94. The second-order valence-corrected chi connectivity index (χ2v) is 9.69. The van der Waals surface area contributed by atoms with Crippen molar-refractivity contribution in [2.45, 2.75) is 32.3 Å². The summed E-state index contributed by atoms with van der Waals surface area (Å²) in [6.07, 6.45) is 4.45. The molecular formula is C26H28ClFN4O4. The molecule has 1 N–H and O–H groups in total. The quantitative estimate of drug-likeness (QED) is 0.300. The molecule has 0 spiro atoms. The number of benzene rings is 2. The fourth-order valence-corrected chi connectivity index (χ4v) is 4.32.